The average molecular weight is 560 g/mol. The summed E-state index contributed by atoms with van der Waals surface area (Å²) in [7, 11) is 0. The molecule has 0 unspecified atom stereocenters. The molecule has 9 heteroatoms. The summed E-state index contributed by atoms with van der Waals surface area (Å²) in [5.74, 6) is -0.424. The molecule has 184 valence electrons. The number of nitrogens with two attached hydrogens (primary N) is 2. The van der Waals surface area contributed by atoms with Crippen molar-refractivity contribution in [1.29, 1.82) is 0 Å². The first kappa shape index (κ1) is 31.2. The molecule has 0 heterocycles. The molecule has 0 amide bonds. The Labute approximate surface area is 215 Å². The lowest BCUT2D eigenvalue weighted by molar-refractivity contribution is -0.145. The maximum Gasteiger partial charge on any atom is 0.322 e. The molecule has 2 rings (SSSR count). The largest absolute Gasteiger partial charge is 0.465 e. The van der Waals surface area contributed by atoms with Crippen LogP contribution < -0.4 is 11.5 Å². The zero-order chi connectivity index (χ0) is 25.7. The number of rotatable bonds is 6. The minimum atomic E-state index is -0.593. The summed E-state index contributed by atoms with van der Waals surface area (Å²) in [4.78, 5) is 24.4. The topological polar surface area (TPSA) is 105 Å². The highest BCUT2D eigenvalue weighted by atomic mass is 79.9. The van der Waals surface area contributed by atoms with Gasteiger partial charge in [-0.15, -0.1) is 24.4 Å². The summed E-state index contributed by atoms with van der Waals surface area (Å²) in [5.41, 5.74) is 12.6. The number of anilines is 2. The number of ether oxygens (including phenoxy) is 2. The molecule has 0 saturated heterocycles. The van der Waals surface area contributed by atoms with E-state index in [1.54, 1.807) is 27.7 Å². The summed E-state index contributed by atoms with van der Waals surface area (Å²) in [5, 5.41) is 0. The number of thiol groups is 1. The molecule has 6 nitrogen and oxygen atoms in total. The van der Waals surface area contributed by atoms with Gasteiger partial charge in [0, 0.05) is 21.2 Å². The molecule has 4 N–H and O–H groups in total. The van der Waals surface area contributed by atoms with Crippen LogP contribution >= 0.6 is 40.3 Å². The van der Waals surface area contributed by atoms with E-state index < -0.39 is 9.07 Å². The number of carbonyl (C=O) groups excluding carboxylic acids is 2. The number of hydrogen-bond acceptors (Lipinski definition) is 8. The van der Waals surface area contributed by atoms with Crippen LogP contribution in [0.25, 0.3) is 0 Å². The molecule has 0 fully saturated rings. The smallest absolute Gasteiger partial charge is 0.322 e. The van der Waals surface area contributed by atoms with E-state index >= 15 is 0 Å². The van der Waals surface area contributed by atoms with E-state index in [2.05, 4.69) is 28.6 Å². The van der Waals surface area contributed by atoms with Crippen molar-refractivity contribution >= 4 is 63.6 Å². The van der Waals surface area contributed by atoms with Gasteiger partial charge >= 0.3 is 11.9 Å². The number of benzene rings is 2. The second-order valence-corrected chi connectivity index (χ2v) is 11.9. The van der Waals surface area contributed by atoms with Crippen LogP contribution in [-0.4, -0.2) is 34.2 Å². The number of thioether (sulfide) groups is 1. The normalized spacial score (nSPS) is 10.7. The minimum absolute atomic E-state index is 0.206. The van der Waals surface area contributed by atoms with Gasteiger partial charge in [-0.1, -0.05) is 28.1 Å². The van der Waals surface area contributed by atoms with Crippen LogP contribution in [0, 0.1) is 0 Å². The first-order valence-corrected chi connectivity index (χ1v) is 12.4. The van der Waals surface area contributed by atoms with Gasteiger partial charge < -0.3 is 20.9 Å². The van der Waals surface area contributed by atoms with E-state index in [0.717, 1.165) is 15.5 Å². The predicted octanol–water partition coefficient (Wildman–Crippen LogP) is 5.98. The summed E-state index contributed by atoms with van der Waals surface area (Å²) in [6.07, 6.45) is 0. The third-order valence-corrected chi connectivity index (χ3v) is 5.40. The number of hydrogen-bond donors (Lipinski definition) is 3. The molecule has 0 spiro atoms. The fourth-order valence-corrected chi connectivity index (χ4v) is 3.47. The van der Waals surface area contributed by atoms with Crippen LogP contribution in [0.3, 0.4) is 0 Å². The van der Waals surface area contributed by atoms with Gasteiger partial charge in [0.2, 0.25) is 0 Å². The quantitative estimate of drug-likeness (QED) is 0.131. The van der Waals surface area contributed by atoms with Crippen molar-refractivity contribution in [1.82, 2.24) is 0 Å². The van der Waals surface area contributed by atoms with Gasteiger partial charge in [-0.05, 0) is 77.9 Å². The number of carbonyl (C=O) groups is 2. The molecule has 0 bridgehead atoms. The molecule has 0 aliphatic carbocycles. The Morgan fingerprint density at radius 3 is 1.76 bits per heavy atom. The molecular weight excluding hydrogens is 524 g/mol. The second-order valence-electron chi connectivity index (χ2n) is 7.69. The Bertz CT molecular complexity index is 870. The van der Waals surface area contributed by atoms with Crippen molar-refractivity contribution in [3.05, 3.63) is 48.5 Å². The summed E-state index contributed by atoms with van der Waals surface area (Å²) >= 11 is 8.70. The van der Waals surface area contributed by atoms with Crippen molar-refractivity contribution in [2.24, 2.45) is 0 Å². The van der Waals surface area contributed by atoms with Crippen molar-refractivity contribution in [3.63, 3.8) is 0 Å². The fourth-order valence-electron chi connectivity index (χ4n) is 2.05. The standard InChI is InChI=1S/C12H17NO2S.C6H11BrO2.C6H7NS/c1-4-15-11(14)12(2,3)16-10-7-5-6-9(13)8-10;1-4-9-5(8)6(2,3)7;7-5-2-1-3-6(8)4-5/h5-8H,4,13H2,1-3H3;4H2,1-3H3;1-4,8H,7H2. The Morgan fingerprint density at radius 1 is 0.909 bits per heavy atom. The van der Waals surface area contributed by atoms with Crippen LogP contribution in [0.2, 0.25) is 0 Å². The van der Waals surface area contributed by atoms with Gasteiger partial charge in [0.1, 0.15) is 9.07 Å². The minimum Gasteiger partial charge on any atom is -0.465 e. The average Bonchev–Trinajstić information content (AvgIpc) is 2.68. The molecule has 2 aromatic carbocycles. The van der Waals surface area contributed by atoms with E-state index in [1.165, 1.54) is 11.8 Å². The van der Waals surface area contributed by atoms with E-state index in [4.69, 9.17) is 20.9 Å². The SMILES string of the molecule is CCOC(=O)C(C)(C)Br.CCOC(=O)C(C)(C)Sc1cccc(N)c1.Nc1cccc(S)c1. The Hall–Kier alpha value is -1.84. The molecule has 0 aliphatic heterocycles. The zero-order valence-electron chi connectivity index (χ0n) is 20.1. The third-order valence-electron chi connectivity index (χ3n) is 3.63. The molecule has 0 atom stereocenters. The first-order chi connectivity index (χ1) is 15.2. The fraction of sp³-hybridized carbons (Fsp3) is 0.417. The highest BCUT2D eigenvalue weighted by Gasteiger charge is 2.30. The van der Waals surface area contributed by atoms with Gasteiger partial charge in [0.25, 0.3) is 0 Å². The van der Waals surface area contributed by atoms with Gasteiger partial charge in [-0.3, -0.25) is 9.59 Å². The Morgan fingerprint density at radius 2 is 1.39 bits per heavy atom. The third kappa shape index (κ3) is 14.1. The number of alkyl halides is 1. The van der Waals surface area contributed by atoms with Crippen LogP contribution in [0.5, 0.6) is 0 Å². The number of halogens is 1. The van der Waals surface area contributed by atoms with Crippen LogP contribution in [0.4, 0.5) is 11.4 Å². The summed E-state index contributed by atoms with van der Waals surface area (Å²) in [6, 6.07) is 14.9. The van der Waals surface area contributed by atoms with Crippen molar-refractivity contribution < 1.29 is 19.1 Å². The lowest BCUT2D eigenvalue weighted by Gasteiger charge is -2.21. The lowest BCUT2D eigenvalue weighted by Crippen LogP contribution is -2.29. The van der Waals surface area contributed by atoms with Gasteiger partial charge in [-0.2, -0.15) is 0 Å². The van der Waals surface area contributed by atoms with Crippen LogP contribution in [0.1, 0.15) is 41.5 Å². The maximum atomic E-state index is 11.7. The maximum absolute atomic E-state index is 11.7. The molecule has 2 aromatic rings. The predicted molar refractivity (Wildman–Crippen MR) is 145 cm³/mol. The van der Waals surface area contributed by atoms with Gasteiger partial charge in [0.05, 0.1) is 13.2 Å². The molecule has 0 aliphatic rings. The molecule has 0 aromatic heterocycles. The monoisotopic (exact) mass is 558 g/mol. The number of nitrogen functional groups attached to an aromatic ring is 2. The van der Waals surface area contributed by atoms with E-state index in [9.17, 15) is 9.59 Å². The van der Waals surface area contributed by atoms with Crippen LogP contribution in [0.15, 0.2) is 58.3 Å². The Kier molecular flexibility index (Phi) is 14.3. The number of esters is 2. The van der Waals surface area contributed by atoms with Crippen LogP contribution in [-0.2, 0) is 19.1 Å². The van der Waals surface area contributed by atoms with Crippen molar-refractivity contribution in [2.75, 3.05) is 24.7 Å². The zero-order valence-corrected chi connectivity index (χ0v) is 23.4. The lowest BCUT2D eigenvalue weighted by atomic mass is 10.2. The first-order valence-electron chi connectivity index (χ1n) is 10.3. The molecule has 0 radical (unpaired) electrons. The molecular formula is C24H35BrN2O4S2. The van der Waals surface area contributed by atoms with Gasteiger partial charge in [-0.25, -0.2) is 0 Å². The molecule has 0 saturated carbocycles. The van der Waals surface area contributed by atoms with Gasteiger partial charge in [0.15, 0.2) is 0 Å². The second kappa shape index (κ2) is 15.1. The van der Waals surface area contributed by atoms with Crippen molar-refractivity contribution in [3.8, 4) is 0 Å². The highest BCUT2D eigenvalue weighted by molar-refractivity contribution is 9.10. The highest BCUT2D eigenvalue weighted by Crippen LogP contribution is 2.34. The van der Waals surface area contributed by atoms with Crippen molar-refractivity contribution in [2.45, 2.75) is 60.4 Å². The Balaban J connectivity index is 0.000000510. The van der Waals surface area contributed by atoms with E-state index in [-0.39, 0.29) is 11.9 Å². The van der Waals surface area contributed by atoms with E-state index in [0.29, 0.717) is 18.9 Å². The molecule has 33 heavy (non-hydrogen) atoms. The summed E-state index contributed by atoms with van der Waals surface area (Å²) in [6.45, 7) is 11.6. The van der Waals surface area contributed by atoms with E-state index in [1.807, 2.05) is 62.4 Å². The summed E-state index contributed by atoms with van der Waals surface area (Å²) < 4.78 is 8.61.